The third kappa shape index (κ3) is 4.31. The molecule has 0 fully saturated rings. The number of carbonyl (C=O) groups is 1. The van der Waals surface area contributed by atoms with Crippen LogP contribution >= 0.6 is 15.9 Å². The predicted molar refractivity (Wildman–Crippen MR) is 93.6 cm³/mol. The quantitative estimate of drug-likeness (QED) is 0.828. The summed E-state index contributed by atoms with van der Waals surface area (Å²) in [4.78, 5) is 16.4. The first-order valence-electron chi connectivity index (χ1n) is 7.29. The molecule has 0 aliphatic carbocycles. The van der Waals surface area contributed by atoms with Gasteiger partial charge in [0.05, 0.1) is 5.69 Å². The SMILES string of the molecule is CCC(C)NC(=O)c1ccnc(Nc2ccc(C)cc2Br)c1. The maximum absolute atomic E-state index is 12.2. The molecule has 0 spiro atoms. The highest BCUT2D eigenvalue weighted by atomic mass is 79.9. The van der Waals surface area contributed by atoms with Crippen molar-refractivity contribution in [1.82, 2.24) is 10.3 Å². The van der Waals surface area contributed by atoms with Crippen molar-refractivity contribution in [3.63, 3.8) is 0 Å². The zero-order valence-electron chi connectivity index (χ0n) is 13.0. The molecule has 4 nitrogen and oxygen atoms in total. The summed E-state index contributed by atoms with van der Waals surface area (Å²) in [6.07, 6.45) is 2.54. The molecule has 0 radical (unpaired) electrons. The molecule has 1 unspecified atom stereocenters. The molecule has 0 saturated carbocycles. The van der Waals surface area contributed by atoms with Gasteiger partial charge in [-0.25, -0.2) is 4.98 Å². The summed E-state index contributed by atoms with van der Waals surface area (Å²) in [5.41, 5.74) is 2.69. The number of anilines is 2. The molecule has 2 rings (SSSR count). The average Bonchev–Trinajstić information content (AvgIpc) is 2.50. The summed E-state index contributed by atoms with van der Waals surface area (Å²) >= 11 is 3.52. The Morgan fingerprint density at radius 3 is 2.77 bits per heavy atom. The van der Waals surface area contributed by atoms with Crippen molar-refractivity contribution in [2.75, 3.05) is 5.32 Å². The number of nitrogens with one attached hydrogen (secondary N) is 2. The van der Waals surface area contributed by atoms with E-state index in [0.717, 1.165) is 16.6 Å². The van der Waals surface area contributed by atoms with Crippen LogP contribution in [-0.4, -0.2) is 16.9 Å². The second-order valence-corrected chi connectivity index (χ2v) is 6.18. The molecule has 22 heavy (non-hydrogen) atoms. The van der Waals surface area contributed by atoms with Crippen LogP contribution in [0.3, 0.4) is 0 Å². The van der Waals surface area contributed by atoms with E-state index in [1.54, 1.807) is 18.3 Å². The van der Waals surface area contributed by atoms with Gasteiger partial charge in [0.15, 0.2) is 0 Å². The number of amides is 1. The molecule has 1 aromatic carbocycles. The first-order chi connectivity index (χ1) is 10.5. The number of carbonyl (C=O) groups excluding carboxylic acids is 1. The number of halogens is 1. The number of rotatable bonds is 5. The van der Waals surface area contributed by atoms with Gasteiger partial charge in [-0.2, -0.15) is 0 Å². The van der Waals surface area contributed by atoms with E-state index in [2.05, 4.69) is 31.5 Å². The van der Waals surface area contributed by atoms with Crippen LogP contribution in [0.15, 0.2) is 41.0 Å². The number of aryl methyl sites for hydroxylation is 1. The van der Waals surface area contributed by atoms with Crippen molar-refractivity contribution in [3.05, 3.63) is 52.1 Å². The Hall–Kier alpha value is -1.88. The van der Waals surface area contributed by atoms with Crippen LogP contribution in [0.5, 0.6) is 0 Å². The largest absolute Gasteiger partial charge is 0.350 e. The fraction of sp³-hybridized carbons (Fsp3) is 0.294. The minimum Gasteiger partial charge on any atom is -0.350 e. The van der Waals surface area contributed by atoms with Gasteiger partial charge >= 0.3 is 0 Å². The molecule has 0 aliphatic rings. The number of aromatic nitrogens is 1. The first kappa shape index (κ1) is 16.5. The number of pyridine rings is 1. The van der Waals surface area contributed by atoms with E-state index in [1.165, 1.54) is 5.56 Å². The lowest BCUT2D eigenvalue weighted by atomic mass is 10.2. The molecule has 1 atom stereocenters. The van der Waals surface area contributed by atoms with Gasteiger partial charge in [0.2, 0.25) is 0 Å². The zero-order valence-corrected chi connectivity index (χ0v) is 14.6. The van der Waals surface area contributed by atoms with Crippen LogP contribution in [0.2, 0.25) is 0 Å². The van der Waals surface area contributed by atoms with Gasteiger partial charge in [-0.1, -0.05) is 13.0 Å². The van der Waals surface area contributed by atoms with Crippen LogP contribution in [0.1, 0.15) is 36.2 Å². The molecule has 1 aromatic heterocycles. The fourth-order valence-corrected chi connectivity index (χ4v) is 2.50. The van der Waals surface area contributed by atoms with E-state index >= 15 is 0 Å². The lowest BCUT2D eigenvalue weighted by molar-refractivity contribution is 0.0939. The maximum Gasteiger partial charge on any atom is 0.251 e. The molecule has 2 aromatic rings. The monoisotopic (exact) mass is 361 g/mol. The van der Waals surface area contributed by atoms with E-state index in [0.29, 0.717) is 11.4 Å². The van der Waals surface area contributed by atoms with Crippen LogP contribution < -0.4 is 10.6 Å². The highest BCUT2D eigenvalue weighted by Crippen LogP contribution is 2.26. The molecule has 1 amide bonds. The van der Waals surface area contributed by atoms with Crippen LogP contribution in [-0.2, 0) is 0 Å². The number of hydrogen-bond donors (Lipinski definition) is 2. The molecule has 0 saturated heterocycles. The summed E-state index contributed by atoms with van der Waals surface area (Å²) in [6, 6.07) is 9.65. The standard InChI is InChI=1S/C17H20BrN3O/c1-4-12(3)20-17(22)13-7-8-19-16(10-13)21-15-6-5-11(2)9-14(15)18/h5-10,12H,4H2,1-3H3,(H,19,21)(H,20,22). The van der Waals surface area contributed by atoms with Crippen molar-refractivity contribution < 1.29 is 4.79 Å². The highest BCUT2D eigenvalue weighted by Gasteiger charge is 2.10. The third-order valence-corrected chi connectivity index (χ3v) is 4.06. The minimum atomic E-state index is -0.0808. The Morgan fingerprint density at radius 1 is 1.32 bits per heavy atom. The van der Waals surface area contributed by atoms with Gasteiger partial charge in [-0.15, -0.1) is 0 Å². The van der Waals surface area contributed by atoms with E-state index in [9.17, 15) is 4.79 Å². The average molecular weight is 362 g/mol. The Bertz CT molecular complexity index is 673. The molecular weight excluding hydrogens is 342 g/mol. The zero-order chi connectivity index (χ0) is 16.1. The Morgan fingerprint density at radius 2 is 2.09 bits per heavy atom. The number of benzene rings is 1. The fourth-order valence-electron chi connectivity index (χ4n) is 1.91. The van der Waals surface area contributed by atoms with Crippen molar-refractivity contribution in [2.45, 2.75) is 33.2 Å². The van der Waals surface area contributed by atoms with E-state index < -0.39 is 0 Å². The van der Waals surface area contributed by atoms with Gasteiger partial charge in [0.1, 0.15) is 5.82 Å². The first-order valence-corrected chi connectivity index (χ1v) is 8.09. The Kier molecular flexibility index (Phi) is 5.55. The summed E-state index contributed by atoms with van der Waals surface area (Å²) < 4.78 is 0.962. The molecule has 0 aliphatic heterocycles. The second kappa shape index (κ2) is 7.40. The van der Waals surface area contributed by atoms with E-state index in [1.807, 2.05) is 39.0 Å². The normalized spacial score (nSPS) is 11.8. The highest BCUT2D eigenvalue weighted by molar-refractivity contribution is 9.10. The molecule has 2 N–H and O–H groups in total. The van der Waals surface area contributed by atoms with Gasteiger partial charge < -0.3 is 10.6 Å². The smallest absolute Gasteiger partial charge is 0.251 e. The molecule has 0 bridgehead atoms. The van der Waals surface area contributed by atoms with Crippen molar-refractivity contribution in [3.8, 4) is 0 Å². The van der Waals surface area contributed by atoms with Crippen molar-refractivity contribution >= 4 is 33.3 Å². The molecular formula is C17H20BrN3O. The maximum atomic E-state index is 12.2. The summed E-state index contributed by atoms with van der Waals surface area (Å²) in [7, 11) is 0. The topological polar surface area (TPSA) is 54.0 Å². The van der Waals surface area contributed by atoms with Crippen LogP contribution in [0, 0.1) is 6.92 Å². The van der Waals surface area contributed by atoms with E-state index in [4.69, 9.17) is 0 Å². The van der Waals surface area contributed by atoms with Gasteiger partial charge in [-0.3, -0.25) is 4.79 Å². The Balaban J connectivity index is 2.16. The lowest BCUT2D eigenvalue weighted by Gasteiger charge is -2.12. The Labute approximate surface area is 139 Å². The van der Waals surface area contributed by atoms with Crippen LogP contribution in [0.25, 0.3) is 0 Å². The predicted octanol–water partition coefficient (Wildman–Crippen LogP) is 4.42. The summed E-state index contributed by atoms with van der Waals surface area (Å²) in [5, 5.41) is 6.18. The van der Waals surface area contributed by atoms with Gasteiger partial charge in [-0.05, 0) is 66.0 Å². The number of nitrogens with zero attached hydrogens (tertiary/aromatic N) is 1. The van der Waals surface area contributed by atoms with Crippen molar-refractivity contribution in [2.24, 2.45) is 0 Å². The third-order valence-electron chi connectivity index (χ3n) is 3.40. The molecule has 1 heterocycles. The second-order valence-electron chi connectivity index (χ2n) is 5.32. The van der Waals surface area contributed by atoms with Gasteiger partial charge in [0.25, 0.3) is 5.91 Å². The summed E-state index contributed by atoms with van der Waals surface area (Å²) in [6.45, 7) is 6.06. The minimum absolute atomic E-state index is 0.0808. The lowest BCUT2D eigenvalue weighted by Crippen LogP contribution is -2.31. The van der Waals surface area contributed by atoms with Crippen LogP contribution in [0.4, 0.5) is 11.5 Å². The van der Waals surface area contributed by atoms with Gasteiger partial charge in [0, 0.05) is 22.3 Å². The summed E-state index contributed by atoms with van der Waals surface area (Å²) in [5.74, 6) is 0.559. The van der Waals surface area contributed by atoms with Crippen molar-refractivity contribution in [1.29, 1.82) is 0 Å². The molecule has 116 valence electrons. The molecule has 5 heteroatoms. The van der Waals surface area contributed by atoms with E-state index in [-0.39, 0.29) is 11.9 Å². The number of hydrogen-bond acceptors (Lipinski definition) is 3.